The summed E-state index contributed by atoms with van der Waals surface area (Å²) in [6.45, 7) is 1.49. The van der Waals surface area contributed by atoms with Gasteiger partial charge in [0.2, 0.25) is 5.91 Å². The molecule has 0 saturated carbocycles. The fourth-order valence-corrected chi connectivity index (χ4v) is 2.36. The first-order chi connectivity index (χ1) is 8.63. The van der Waals surface area contributed by atoms with Crippen molar-refractivity contribution >= 4 is 23.2 Å². The zero-order valence-corrected chi connectivity index (χ0v) is 11.1. The average molecular weight is 269 g/mol. The van der Waals surface area contributed by atoms with Gasteiger partial charge in [0.25, 0.3) is 0 Å². The summed E-state index contributed by atoms with van der Waals surface area (Å²) in [5.41, 5.74) is 0.862. The van der Waals surface area contributed by atoms with Crippen molar-refractivity contribution in [3.8, 4) is 0 Å². The minimum atomic E-state index is -0.237. The molecule has 1 amide bonds. The summed E-state index contributed by atoms with van der Waals surface area (Å²) >= 11 is 5.84. The minimum absolute atomic E-state index is 0.0230. The average Bonchev–Trinajstić information content (AvgIpc) is 2.36. The number of anilines is 1. The molecule has 0 aliphatic carbocycles. The third-order valence-electron chi connectivity index (χ3n) is 3.30. The summed E-state index contributed by atoms with van der Waals surface area (Å²) in [6.07, 6.45) is 0.472. The van der Waals surface area contributed by atoms with Crippen molar-refractivity contribution < 1.29 is 9.90 Å². The topological polar surface area (TPSA) is 43.8 Å². The lowest BCUT2D eigenvalue weighted by Crippen LogP contribution is -2.56. The number of rotatable bonds is 3. The number of amides is 1. The van der Waals surface area contributed by atoms with Gasteiger partial charge in [0.1, 0.15) is 0 Å². The number of aliphatic hydroxyl groups is 1. The van der Waals surface area contributed by atoms with Gasteiger partial charge in [0.15, 0.2) is 0 Å². The quantitative estimate of drug-likeness (QED) is 0.901. The summed E-state index contributed by atoms with van der Waals surface area (Å²) in [4.78, 5) is 16.1. The molecule has 0 bridgehead atoms. The summed E-state index contributed by atoms with van der Waals surface area (Å²) in [7, 11) is 1.91. The molecular formula is C13H17ClN2O2. The normalized spacial score (nSPS) is 21.4. The third kappa shape index (κ3) is 2.66. The largest absolute Gasteiger partial charge is 0.396 e. The number of halogens is 1. The maximum Gasteiger partial charge on any atom is 0.244 e. The van der Waals surface area contributed by atoms with Crippen LogP contribution in [-0.2, 0) is 4.79 Å². The highest BCUT2D eigenvalue weighted by atomic mass is 35.5. The summed E-state index contributed by atoms with van der Waals surface area (Å²) in [6, 6.07) is 7.02. The Morgan fingerprint density at radius 1 is 1.33 bits per heavy atom. The first kappa shape index (κ1) is 13.3. The van der Waals surface area contributed by atoms with Crippen LogP contribution in [-0.4, -0.2) is 48.7 Å². The zero-order valence-electron chi connectivity index (χ0n) is 10.3. The molecule has 0 radical (unpaired) electrons. The van der Waals surface area contributed by atoms with E-state index in [1.807, 2.05) is 24.1 Å². The van der Waals surface area contributed by atoms with E-state index in [-0.39, 0.29) is 18.6 Å². The van der Waals surface area contributed by atoms with Crippen molar-refractivity contribution in [3.05, 3.63) is 29.3 Å². The summed E-state index contributed by atoms with van der Waals surface area (Å²) in [5, 5.41) is 9.69. The van der Waals surface area contributed by atoms with Gasteiger partial charge in [-0.25, -0.2) is 0 Å². The standard InChI is InChI=1S/C13H17ClN2O2/c1-15-7-8-16(13(18)12(15)6-9-17)11-4-2-10(14)3-5-11/h2-5,12,17H,6-9H2,1H3. The van der Waals surface area contributed by atoms with Crippen LogP contribution in [0, 0.1) is 0 Å². The van der Waals surface area contributed by atoms with E-state index in [0.717, 1.165) is 12.2 Å². The second-order valence-corrected chi connectivity index (χ2v) is 4.91. The first-order valence-electron chi connectivity index (χ1n) is 6.01. The predicted molar refractivity (Wildman–Crippen MR) is 71.9 cm³/mol. The highest BCUT2D eigenvalue weighted by molar-refractivity contribution is 6.30. The van der Waals surface area contributed by atoms with Gasteiger partial charge in [-0.05, 0) is 37.7 Å². The van der Waals surface area contributed by atoms with E-state index < -0.39 is 0 Å². The number of nitrogens with zero attached hydrogens (tertiary/aromatic N) is 2. The van der Waals surface area contributed by atoms with Crippen LogP contribution in [0.2, 0.25) is 5.02 Å². The Bertz CT molecular complexity index is 422. The molecule has 2 rings (SSSR count). The fourth-order valence-electron chi connectivity index (χ4n) is 2.24. The number of carbonyl (C=O) groups is 1. The van der Waals surface area contributed by atoms with Gasteiger partial charge in [0, 0.05) is 30.4 Å². The summed E-state index contributed by atoms with van der Waals surface area (Å²) in [5.74, 6) is 0.0418. The van der Waals surface area contributed by atoms with Crippen molar-refractivity contribution in [2.75, 3.05) is 31.6 Å². The zero-order chi connectivity index (χ0) is 13.1. The van der Waals surface area contributed by atoms with Gasteiger partial charge in [-0.15, -0.1) is 0 Å². The van der Waals surface area contributed by atoms with Gasteiger partial charge < -0.3 is 10.0 Å². The van der Waals surface area contributed by atoms with Crippen LogP contribution in [0.1, 0.15) is 6.42 Å². The highest BCUT2D eigenvalue weighted by Crippen LogP contribution is 2.22. The fraction of sp³-hybridized carbons (Fsp3) is 0.462. The lowest BCUT2D eigenvalue weighted by atomic mass is 10.1. The maximum absolute atomic E-state index is 12.4. The molecule has 18 heavy (non-hydrogen) atoms. The second kappa shape index (κ2) is 5.69. The third-order valence-corrected chi connectivity index (χ3v) is 3.55. The van der Waals surface area contributed by atoms with Crippen molar-refractivity contribution in [1.82, 2.24) is 4.90 Å². The number of benzene rings is 1. The Labute approximate surface area is 112 Å². The van der Waals surface area contributed by atoms with Crippen molar-refractivity contribution in [1.29, 1.82) is 0 Å². The molecule has 0 aromatic heterocycles. The van der Waals surface area contributed by atoms with Crippen LogP contribution in [0.15, 0.2) is 24.3 Å². The van der Waals surface area contributed by atoms with Crippen molar-refractivity contribution in [3.63, 3.8) is 0 Å². The molecular weight excluding hydrogens is 252 g/mol. The Morgan fingerprint density at radius 3 is 2.61 bits per heavy atom. The lowest BCUT2D eigenvalue weighted by Gasteiger charge is -2.38. The Balaban J connectivity index is 2.18. The van der Waals surface area contributed by atoms with Crippen LogP contribution >= 0.6 is 11.6 Å². The SMILES string of the molecule is CN1CCN(c2ccc(Cl)cc2)C(=O)C1CCO. The van der Waals surface area contributed by atoms with Crippen LogP contribution in [0.3, 0.4) is 0 Å². The van der Waals surface area contributed by atoms with E-state index in [1.165, 1.54) is 0 Å². The molecule has 1 unspecified atom stereocenters. The molecule has 4 nitrogen and oxygen atoms in total. The molecule has 1 aromatic rings. The van der Waals surface area contributed by atoms with Gasteiger partial charge >= 0.3 is 0 Å². The van der Waals surface area contributed by atoms with Crippen LogP contribution in [0.4, 0.5) is 5.69 Å². The number of aliphatic hydroxyl groups excluding tert-OH is 1. The van der Waals surface area contributed by atoms with Gasteiger partial charge in [-0.1, -0.05) is 11.6 Å². The molecule has 1 atom stereocenters. The number of hydrogen-bond donors (Lipinski definition) is 1. The Hall–Kier alpha value is -1.10. The van der Waals surface area contributed by atoms with E-state index in [0.29, 0.717) is 18.0 Å². The Kier molecular flexibility index (Phi) is 4.22. The number of piperazine rings is 1. The van der Waals surface area contributed by atoms with Crippen LogP contribution in [0.25, 0.3) is 0 Å². The highest BCUT2D eigenvalue weighted by Gasteiger charge is 2.32. The molecule has 1 N–H and O–H groups in total. The maximum atomic E-state index is 12.4. The smallest absolute Gasteiger partial charge is 0.244 e. The number of carbonyl (C=O) groups excluding carboxylic acids is 1. The molecule has 1 heterocycles. The second-order valence-electron chi connectivity index (χ2n) is 4.47. The van der Waals surface area contributed by atoms with E-state index >= 15 is 0 Å². The van der Waals surface area contributed by atoms with E-state index in [2.05, 4.69) is 0 Å². The van der Waals surface area contributed by atoms with Crippen molar-refractivity contribution in [2.24, 2.45) is 0 Å². The molecule has 1 saturated heterocycles. The van der Waals surface area contributed by atoms with Gasteiger partial charge in [0.05, 0.1) is 6.04 Å². The van der Waals surface area contributed by atoms with E-state index in [1.54, 1.807) is 17.0 Å². The monoisotopic (exact) mass is 268 g/mol. The first-order valence-corrected chi connectivity index (χ1v) is 6.39. The Morgan fingerprint density at radius 2 is 2.00 bits per heavy atom. The lowest BCUT2D eigenvalue weighted by molar-refractivity contribution is -0.125. The van der Waals surface area contributed by atoms with Crippen LogP contribution in [0.5, 0.6) is 0 Å². The molecule has 5 heteroatoms. The van der Waals surface area contributed by atoms with Crippen LogP contribution < -0.4 is 4.90 Å². The molecule has 1 fully saturated rings. The summed E-state index contributed by atoms with van der Waals surface area (Å²) < 4.78 is 0. The molecule has 1 aromatic carbocycles. The number of likely N-dealkylation sites (N-methyl/N-ethyl adjacent to an activating group) is 1. The van der Waals surface area contributed by atoms with Gasteiger partial charge in [-0.2, -0.15) is 0 Å². The molecule has 1 aliphatic rings. The molecule has 0 spiro atoms. The van der Waals surface area contributed by atoms with Crippen molar-refractivity contribution in [2.45, 2.75) is 12.5 Å². The molecule has 1 aliphatic heterocycles. The van der Waals surface area contributed by atoms with E-state index in [4.69, 9.17) is 16.7 Å². The predicted octanol–water partition coefficient (Wildman–Crippen LogP) is 1.37. The van der Waals surface area contributed by atoms with Gasteiger partial charge in [-0.3, -0.25) is 9.69 Å². The minimum Gasteiger partial charge on any atom is -0.396 e. The number of hydrogen-bond acceptors (Lipinski definition) is 3. The van der Waals surface area contributed by atoms with E-state index in [9.17, 15) is 4.79 Å². The molecule has 98 valence electrons.